The maximum absolute atomic E-state index is 12.1. The van der Waals surface area contributed by atoms with E-state index >= 15 is 0 Å². The number of carboxylic acids is 2. The van der Waals surface area contributed by atoms with Crippen molar-refractivity contribution in [1.29, 1.82) is 0 Å². The van der Waals surface area contributed by atoms with Gasteiger partial charge in [-0.25, -0.2) is 14.5 Å². The first-order valence-electron chi connectivity index (χ1n) is 7.97. The van der Waals surface area contributed by atoms with Crippen molar-refractivity contribution in [1.82, 2.24) is 4.90 Å². The summed E-state index contributed by atoms with van der Waals surface area (Å²) < 4.78 is 0. The van der Waals surface area contributed by atoms with Gasteiger partial charge in [0.2, 0.25) is 11.4 Å². The molecule has 3 atom stereocenters. The molecule has 3 rings (SSSR count). The topological polar surface area (TPSA) is 131 Å². The maximum Gasteiger partial charge on any atom is 0.356 e. The Morgan fingerprint density at radius 2 is 1.88 bits per heavy atom. The molecule has 1 aliphatic heterocycles. The van der Waals surface area contributed by atoms with Crippen molar-refractivity contribution in [2.75, 3.05) is 13.1 Å². The van der Waals surface area contributed by atoms with Gasteiger partial charge in [0, 0.05) is 17.8 Å². The summed E-state index contributed by atoms with van der Waals surface area (Å²) >= 11 is 0. The number of fused-ring (bicyclic) bond motifs is 1. The lowest BCUT2D eigenvalue weighted by molar-refractivity contribution is -0.249. The van der Waals surface area contributed by atoms with Crippen LogP contribution < -0.4 is 0 Å². The largest absolute Gasteiger partial charge is 0.478 e. The van der Waals surface area contributed by atoms with Gasteiger partial charge in [0.05, 0.1) is 12.5 Å². The molecule has 0 aromatic heterocycles. The number of carboxylic acid groups (broad SMARTS) is 2. The van der Waals surface area contributed by atoms with Crippen LogP contribution in [0.3, 0.4) is 0 Å². The van der Waals surface area contributed by atoms with Crippen molar-refractivity contribution in [2.45, 2.75) is 11.4 Å². The highest BCUT2D eigenvalue weighted by Crippen LogP contribution is 2.39. The second-order valence-corrected chi connectivity index (χ2v) is 6.05. The first-order valence-corrected chi connectivity index (χ1v) is 7.97. The first-order chi connectivity index (χ1) is 12.3. The van der Waals surface area contributed by atoms with Crippen LogP contribution in [0, 0.1) is 5.92 Å². The Kier molecular flexibility index (Phi) is 4.49. The molecular formula is C18H18N2O6. The van der Waals surface area contributed by atoms with E-state index in [1.165, 1.54) is 30.3 Å². The zero-order chi connectivity index (χ0) is 18.9. The molecule has 1 aliphatic carbocycles. The van der Waals surface area contributed by atoms with Crippen molar-refractivity contribution >= 4 is 17.7 Å². The number of allylic oxidation sites excluding steroid dienone is 3. The van der Waals surface area contributed by atoms with Gasteiger partial charge in [0.1, 0.15) is 0 Å². The molecule has 1 heterocycles. The van der Waals surface area contributed by atoms with E-state index in [-0.39, 0.29) is 18.7 Å². The second kappa shape index (κ2) is 6.49. The number of hydrogen-bond acceptors (Lipinski definition) is 6. The maximum atomic E-state index is 12.1. The van der Waals surface area contributed by atoms with Crippen LogP contribution >= 0.6 is 0 Å². The minimum atomic E-state index is -2.76. The molecule has 3 unspecified atom stereocenters. The SMILES string of the molecule is O=C(O)C(O)(c1ccccc1)N1CCN=C2C=CC=CC2C1(O)C(=O)O. The molecule has 0 saturated carbocycles. The summed E-state index contributed by atoms with van der Waals surface area (Å²) in [6.45, 7) is -0.260. The molecule has 8 nitrogen and oxygen atoms in total. The lowest BCUT2D eigenvalue weighted by Crippen LogP contribution is -2.69. The first kappa shape index (κ1) is 18.0. The Morgan fingerprint density at radius 3 is 2.50 bits per heavy atom. The van der Waals surface area contributed by atoms with Gasteiger partial charge in [-0.1, -0.05) is 48.6 Å². The minimum Gasteiger partial charge on any atom is -0.478 e. The van der Waals surface area contributed by atoms with Gasteiger partial charge in [-0.3, -0.25) is 4.99 Å². The van der Waals surface area contributed by atoms with Gasteiger partial charge in [-0.05, 0) is 6.08 Å². The Morgan fingerprint density at radius 1 is 1.19 bits per heavy atom. The summed E-state index contributed by atoms with van der Waals surface area (Å²) in [5.74, 6) is -4.50. The fourth-order valence-electron chi connectivity index (χ4n) is 3.36. The van der Waals surface area contributed by atoms with E-state index in [0.29, 0.717) is 10.6 Å². The second-order valence-electron chi connectivity index (χ2n) is 6.05. The molecule has 1 aromatic rings. The molecule has 2 aliphatic rings. The van der Waals surface area contributed by atoms with Gasteiger partial charge in [0.15, 0.2) is 0 Å². The summed E-state index contributed by atoms with van der Waals surface area (Å²) in [5, 5.41) is 41.9. The normalized spacial score (nSPS) is 27.8. The number of nitrogens with zero attached hydrogens (tertiary/aromatic N) is 2. The molecule has 0 fully saturated rings. The van der Waals surface area contributed by atoms with Gasteiger partial charge < -0.3 is 20.4 Å². The number of carbonyl (C=O) groups is 2. The predicted molar refractivity (Wildman–Crippen MR) is 91.3 cm³/mol. The average molecular weight is 358 g/mol. The highest BCUT2D eigenvalue weighted by atomic mass is 16.4. The van der Waals surface area contributed by atoms with Crippen LogP contribution in [0.25, 0.3) is 0 Å². The third-order valence-corrected chi connectivity index (χ3v) is 4.64. The molecule has 0 bridgehead atoms. The molecule has 0 spiro atoms. The number of rotatable bonds is 4. The molecule has 8 heteroatoms. The van der Waals surface area contributed by atoms with E-state index in [1.54, 1.807) is 24.3 Å². The zero-order valence-corrected chi connectivity index (χ0v) is 13.7. The number of aliphatic imine (C=N–C) groups is 1. The van der Waals surface area contributed by atoms with Crippen LogP contribution in [0.1, 0.15) is 5.56 Å². The summed E-state index contributed by atoms with van der Waals surface area (Å²) in [5.41, 5.74) is -5.22. The smallest absolute Gasteiger partial charge is 0.356 e. The van der Waals surface area contributed by atoms with E-state index in [9.17, 15) is 30.0 Å². The quantitative estimate of drug-likeness (QED) is 0.604. The van der Waals surface area contributed by atoms with E-state index in [4.69, 9.17) is 0 Å². The Hall–Kier alpha value is -2.81. The van der Waals surface area contributed by atoms with Crippen molar-refractivity contribution in [3.63, 3.8) is 0 Å². The molecular weight excluding hydrogens is 340 g/mol. The highest BCUT2D eigenvalue weighted by molar-refractivity contribution is 6.03. The highest BCUT2D eigenvalue weighted by Gasteiger charge is 2.61. The number of hydrogen-bond donors (Lipinski definition) is 4. The zero-order valence-electron chi connectivity index (χ0n) is 13.7. The number of benzene rings is 1. The fraction of sp³-hybridized carbons (Fsp3) is 0.278. The third-order valence-electron chi connectivity index (χ3n) is 4.64. The Labute approximate surface area is 149 Å². The molecule has 136 valence electrons. The van der Waals surface area contributed by atoms with E-state index < -0.39 is 29.3 Å². The van der Waals surface area contributed by atoms with Gasteiger partial charge >= 0.3 is 11.9 Å². The summed E-state index contributed by atoms with van der Waals surface area (Å²) in [7, 11) is 0. The van der Waals surface area contributed by atoms with Crippen molar-refractivity contribution < 1.29 is 30.0 Å². The van der Waals surface area contributed by atoms with Gasteiger partial charge in [-0.2, -0.15) is 0 Å². The number of aliphatic hydroxyl groups is 2. The molecule has 0 saturated heterocycles. The minimum absolute atomic E-state index is 0.0159. The lowest BCUT2D eigenvalue weighted by atomic mass is 9.84. The summed E-state index contributed by atoms with van der Waals surface area (Å²) in [6.07, 6.45) is 6.18. The Bertz CT molecular complexity index is 818. The van der Waals surface area contributed by atoms with Gasteiger partial charge in [0.25, 0.3) is 0 Å². The Balaban J connectivity index is 2.21. The predicted octanol–water partition coefficient (Wildman–Crippen LogP) is 0.188. The molecule has 26 heavy (non-hydrogen) atoms. The van der Waals surface area contributed by atoms with Crippen LogP contribution in [-0.2, 0) is 15.3 Å². The third kappa shape index (κ3) is 2.55. The van der Waals surface area contributed by atoms with E-state index in [0.717, 1.165) is 0 Å². The summed E-state index contributed by atoms with van der Waals surface area (Å²) in [6, 6.07) is 7.39. The molecule has 1 aromatic carbocycles. The van der Waals surface area contributed by atoms with Crippen LogP contribution in [-0.4, -0.2) is 61.8 Å². The number of aliphatic carboxylic acids is 2. The van der Waals surface area contributed by atoms with E-state index in [1.807, 2.05) is 0 Å². The standard InChI is InChI=1S/C18H18N2O6/c21-15(22)17(25,12-6-2-1-3-7-12)20-11-10-19-14-9-5-4-8-13(14)18(20,26)16(23)24/h1-9,13,25-26H,10-11H2,(H,21,22)(H,23,24). The van der Waals surface area contributed by atoms with Crippen LogP contribution in [0.5, 0.6) is 0 Å². The average Bonchev–Trinajstić information content (AvgIpc) is 2.79. The molecule has 4 N–H and O–H groups in total. The lowest BCUT2D eigenvalue weighted by Gasteiger charge is -2.46. The van der Waals surface area contributed by atoms with Crippen LogP contribution in [0.4, 0.5) is 0 Å². The summed E-state index contributed by atoms with van der Waals surface area (Å²) in [4.78, 5) is 29.1. The van der Waals surface area contributed by atoms with Crippen LogP contribution in [0.15, 0.2) is 59.6 Å². The van der Waals surface area contributed by atoms with Crippen LogP contribution in [0.2, 0.25) is 0 Å². The fourth-order valence-corrected chi connectivity index (χ4v) is 3.36. The molecule has 0 amide bonds. The van der Waals surface area contributed by atoms with Gasteiger partial charge in [-0.15, -0.1) is 0 Å². The monoisotopic (exact) mass is 358 g/mol. The van der Waals surface area contributed by atoms with Crippen molar-refractivity contribution in [3.05, 3.63) is 60.2 Å². The van der Waals surface area contributed by atoms with Crippen molar-refractivity contribution in [3.8, 4) is 0 Å². The van der Waals surface area contributed by atoms with E-state index in [2.05, 4.69) is 4.99 Å². The molecule has 0 radical (unpaired) electrons. The van der Waals surface area contributed by atoms with Crippen molar-refractivity contribution in [2.24, 2.45) is 10.9 Å².